The Labute approximate surface area is 314 Å². The number of hydrogen-bond acceptors (Lipinski definition) is 18. The molecular formula is C37H44O18. The first-order chi connectivity index (χ1) is 25.6. The van der Waals surface area contributed by atoms with Gasteiger partial charge in [-0.1, -0.05) is 20.8 Å². The van der Waals surface area contributed by atoms with Gasteiger partial charge in [0, 0.05) is 63.9 Å². The van der Waals surface area contributed by atoms with Crippen molar-refractivity contribution in [2.45, 2.75) is 127 Å². The minimum atomic E-state index is -3.10. The Balaban J connectivity index is 1.70. The quantitative estimate of drug-likeness (QED) is 0.235. The predicted molar refractivity (Wildman–Crippen MR) is 175 cm³/mol. The molecule has 3 heterocycles. The van der Waals surface area contributed by atoms with Crippen molar-refractivity contribution in [2.24, 2.45) is 28.1 Å². The van der Waals surface area contributed by atoms with E-state index in [0.29, 0.717) is 0 Å². The van der Waals surface area contributed by atoms with E-state index in [4.69, 9.17) is 37.6 Å². The molecule has 7 rings (SSSR count). The summed E-state index contributed by atoms with van der Waals surface area (Å²) < 4.78 is 47.2. The number of carbonyl (C=O) groups is 7. The Bertz CT molecular complexity index is 1880. The lowest BCUT2D eigenvalue weighted by Crippen LogP contribution is -2.98. The summed E-state index contributed by atoms with van der Waals surface area (Å²) >= 11 is 0. The summed E-state index contributed by atoms with van der Waals surface area (Å²) in [7, 11) is 0. The molecule has 1 aromatic rings. The highest BCUT2D eigenvalue weighted by Crippen LogP contribution is 2.85. The van der Waals surface area contributed by atoms with Crippen molar-refractivity contribution >= 4 is 41.8 Å². The SMILES string of the molecule is CCC(=O)C[C@@H]1[C@](C)([C@@H](OC(C)=O)c2ccoc2)[C@@H](OC(C)=O)[C@@H](OC(C)=O)[C@@]2(O)[C@@]13OC(=O)O[C@@H]3[C@@]1(OC(C)=O)[C@@H](O)[C@]3(C)C[C@@]1(O)[C@]21COC(=O)C[C@@H]31. The number of furan rings is 1. The fraction of sp³-hybridized carbons (Fsp3) is 0.703. The topological polar surface area (TPSA) is 258 Å². The molecule has 6 aliphatic rings. The summed E-state index contributed by atoms with van der Waals surface area (Å²) in [6.45, 7) is 7.57. The van der Waals surface area contributed by atoms with Crippen molar-refractivity contribution in [3.8, 4) is 0 Å². The molecule has 4 aliphatic carbocycles. The molecule has 6 fully saturated rings. The maximum absolute atomic E-state index is 14.3. The number of ketones is 1. The van der Waals surface area contributed by atoms with E-state index >= 15 is 0 Å². The van der Waals surface area contributed by atoms with Gasteiger partial charge in [0.25, 0.3) is 0 Å². The van der Waals surface area contributed by atoms with E-state index < -0.39 is 149 Å². The molecule has 2 saturated heterocycles. The Morgan fingerprint density at radius 2 is 1.62 bits per heavy atom. The molecule has 300 valence electrons. The second kappa shape index (κ2) is 12.0. The molecule has 2 aliphatic heterocycles. The summed E-state index contributed by atoms with van der Waals surface area (Å²) in [6, 6.07) is 1.41. The van der Waals surface area contributed by atoms with E-state index in [-0.39, 0.29) is 12.0 Å². The maximum Gasteiger partial charge on any atom is 0.509 e. The van der Waals surface area contributed by atoms with Crippen LogP contribution >= 0.6 is 0 Å². The predicted octanol–water partition coefficient (Wildman–Crippen LogP) is 1.14. The maximum atomic E-state index is 14.3. The molecule has 3 N–H and O–H groups in total. The monoisotopic (exact) mass is 776 g/mol. The van der Waals surface area contributed by atoms with Crippen LogP contribution in [0, 0.1) is 28.1 Å². The second-order valence-corrected chi connectivity index (χ2v) is 16.3. The van der Waals surface area contributed by atoms with Crippen LogP contribution in [0.25, 0.3) is 0 Å². The molecule has 1 aromatic heterocycles. The van der Waals surface area contributed by atoms with E-state index in [1.807, 2.05) is 0 Å². The van der Waals surface area contributed by atoms with Gasteiger partial charge in [0.1, 0.15) is 30.2 Å². The van der Waals surface area contributed by atoms with E-state index in [1.165, 1.54) is 39.4 Å². The van der Waals surface area contributed by atoms with Crippen LogP contribution in [0.4, 0.5) is 4.79 Å². The number of cyclic esters (lactones) is 1. The number of fused-ring (bicyclic) bond motifs is 3. The second-order valence-electron chi connectivity index (χ2n) is 16.3. The molecule has 0 unspecified atom stereocenters. The Kier molecular flexibility index (Phi) is 8.43. The van der Waals surface area contributed by atoms with Gasteiger partial charge in [-0.15, -0.1) is 0 Å². The van der Waals surface area contributed by atoms with Gasteiger partial charge in [-0.25, -0.2) is 4.79 Å². The third-order valence-corrected chi connectivity index (χ3v) is 13.8. The molecule has 14 atom stereocenters. The fourth-order valence-electron chi connectivity index (χ4n) is 12.2. The first-order valence-corrected chi connectivity index (χ1v) is 18.0. The highest BCUT2D eigenvalue weighted by Gasteiger charge is 3.04. The van der Waals surface area contributed by atoms with E-state index in [9.17, 15) is 48.9 Å². The molecule has 0 amide bonds. The smallest absolute Gasteiger partial charge is 0.472 e. The summed E-state index contributed by atoms with van der Waals surface area (Å²) in [4.78, 5) is 94.1. The number of aliphatic hydroxyl groups excluding tert-OH is 1. The molecule has 18 heteroatoms. The summed E-state index contributed by atoms with van der Waals surface area (Å²) in [5, 5.41) is 40.3. The lowest BCUT2D eigenvalue weighted by atomic mass is 9.32. The van der Waals surface area contributed by atoms with Gasteiger partial charge in [-0.2, -0.15) is 0 Å². The molecular weight excluding hydrogens is 732 g/mol. The van der Waals surface area contributed by atoms with Gasteiger partial charge in [0.15, 0.2) is 29.5 Å². The van der Waals surface area contributed by atoms with Crippen molar-refractivity contribution in [1.82, 2.24) is 0 Å². The molecule has 0 aromatic carbocycles. The zero-order chi connectivity index (χ0) is 40.5. The number of hydrogen-bond donors (Lipinski definition) is 3. The lowest BCUT2D eigenvalue weighted by Gasteiger charge is -2.77. The summed E-state index contributed by atoms with van der Waals surface area (Å²) in [5.74, 6) is -8.44. The molecule has 2 bridgehead atoms. The zero-order valence-corrected chi connectivity index (χ0v) is 31.3. The summed E-state index contributed by atoms with van der Waals surface area (Å²) in [5.41, 5.74) is -17.4. The average molecular weight is 777 g/mol. The number of carbonyl (C=O) groups excluding carboxylic acids is 7. The van der Waals surface area contributed by atoms with Crippen LogP contribution in [0.2, 0.25) is 0 Å². The van der Waals surface area contributed by atoms with E-state index in [1.54, 1.807) is 0 Å². The van der Waals surface area contributed by atoms with E-state index in [0.717, 1.165) is 27.7 Å². The molecule has 0 radical (unpaired) electrons. The minimum Gasteiger partial charge on any atom is -0.472 e. The van der Waals surface area contributed by atoms with Crippen LogP contribution < -0.4 is 0 Å². The highest BCUT2D eigenvalue weighted by molar-refractivity contribution is 5.80. The van der Waals surface area contributed by atoms with Gasteiger partial charge in [0.05, 0.1) is 23.4 Å². The largest absolute Gasteiger partial charge is 0.509 e. The van der Waals surface area contributed by atoms with Crippen LogP contribution in [-0.4, -0.2) is 111 Å². The van der Waals surface area contributed by atoms with Crippen LogP contribution in [0.5, 0.6) is 0 Å². The molecule has 55 heavy (non-hydrogen) atoms. The Hall–Kier alpha value is -4.55. The van der Waals surface area contributed by atoms with Crippen molar-refractivity contribution in [2.75, 3.05) is 6.61 Å². The molecule has 2 spiro atoms. The Morgan fingerprint density at radius 3 is 2.18 bits per heavy atom. The van der Waals surface area contributed by atoms with Gasteiger partial charge in [0.2, 0.25) is 5.60 Å². The molecule has 18 nitrogen and oxygen atoms in total. The van der Waals surface area contributed by atoms with E-state index in [2.05, 4.69) is 0 Å². The molecule has 4 saturated carbocycles. The third kappa shape index (κ3) is 4.32. The highest BCUT2D eigenvalue weighted by atomic mass is 16.8. The first-order valence-electron chi connectivity index (χ1n) is 18.0. The number of Topliss-reactive ketones (excluding diaryl/α,β-unsaturated/α-hetero) is 1. The van der Waals surface area contributed by atoms with Crippen molar-refractivity contribution < 1.29 is 86.5 Å². The zero-order valence-electron chi connectivity index (χ0n) is 31.3. The van der Waals surface area contributed by atoms with Gasteiger partial charge in [-0.3, -0.25) is 28.8 Å². The normalized spacial score (nSPS) is 45.1. The van der Waals surface area contributed by atoms with Crippen LogP contribution in [0.1, 0.15) is 85.8 Å². The number of esters is 5. The van der Waals surface area contributed by atoms with Crippen LogP contribution in [0.15, 0.2) is 23.0 Å². The van der Waals surface area contributed by atoms with Crippen molar-refractivity contribution in [1.29, 1.82) is 0 Å². The standard InChI is InChI=1S/C37H44O18/c1-8-21(42)11-23-32(7,25(50-16(2)38)20-9-10-48-13-20)26(51-17(3)39)27(52-18(4)40)37(47)33-15-49-24(43)12-22(33)31(6)14-34(33,46)36(28(31)44,54-19(5)41)29-35(23,37)55-30(45)53-29/h9-10,13,22-23,25-29,44,46-47H,8,11-12,14-15H2,1-7H3/t22-,23+,25-,26-,27+,28-,29-,31+,32+,33+,34+,35+,36-,37-/m0/s1. The number of aliphatic hydroxyl groups is 3. The number of rotatable bonds is 9. The van der Waals surface area contributed by atoms with Gasteiger partial charge in [-0.05, 0) is 18.4 Å². The summed E-state index contributed by atoms with van der Waals surface area (Å²) in [6.07, 6.45) is -10.9. The van der Waals surface area contributed by atoms with Gasteiger partial charge < -0.3 is 52.9 Å². The number of ether oxygens (including phenoxy) is 7. The third-order valence-electron chi connectivity index (χ3n) is 13.8. The first kappa shape index (κ1) is 38.7. The van der Waals surface area contributed by atoms with Crippen molar-refractivity contribution in [3.63, 3.8) is 0 Å². The fourth-order valence-corrected chi connectivity index (χ4v) is 12.2. The van der Waals surface area contributed by atoms with Gasteiger partial charge >= 0.3 is 36.0 Å². The average Bonchev–Trinajstić information content (AvgIpc) is 3.83. The van der Waals surface area contributed by atoms with Crippen LogP contribution in [0.3, 0.4) is 0 Å². The van der Waals surface area contributed by atoms with Crippen molar-refractivity contribution in [3.05, 3.63) is 24.2 Å². The lowest BCUT2D eigenvalue weighted by molar-refractivity contribution is -0.451. The van der Waals surface area contributed by atoms with Crippen LogP contribution in [-0.2, 0) is 61.9 Å². The Morgan fingerprint density at radius 1 is 0.964 bits per heavy atom. The minimum absolute atomic E-state index is 0.121.